The molecule has 2 saturated heterocycles. The highest BCUT2D eigenvalue weighted by atomic mass is 35.5. The molecular formula is C12H9Cl2NO3. The molecule has 0 radical (unpaired) electrons. The van der Waals surface area contributed by atoms with Crippen LogP contribution in [0.25, 0.3) is 0 Å². The van der Waals surface area contributed by atoms with Crippen molar-refractivity contribution in [1.82, 2.24) is 4.90 Å². The van der Waals surface area contributed by atoms with E-state index in [1.54, 1.807) is 12.1 Å². The van der Waals surface area contributed by atoms with E-state index < -0.39 is 6.04 Å². The second-order valence-electron chi connectivity index (χ2n) is 4.39. The maximum absolute atomic E-state index is 12.3. The number of fused-ring (bicyclic) bond motifs is 2. The van der Waals surface area contributed by atoms with Crippen LogP contribution >= 0.6 is 23.2 Å². The van der Waals surface area contributed by atoms with Gasteiger partial charge in [-0.2, -0.15) is 0 Å². The fourth-order valence-corrected chi connectivity index (χ4v) is 2.76. The van der Waals surface area contributed by atoms with Crippen molar-refractivity contribution in [2.24, 2.45) is 0 Å². The first-order valence-corrected chi connectivity index (χ1v) is 6.28. The van der Waals surface area contributed by atoms with E-state index in [0.29, 0.717) is 28.6 Å². The Labute approximate surface area is 113 Å². The van der Waals surface area contributed by atoms with Crippen molar-refractivity contribution in [3.63, 3.8) is 0 Å². The van der Waals surface area contributed by atoms with Crippen molar-refractivity contribution in [1.29, 1.82) is 0 Å². The Kier molecular flexibility index (Phi) is 2.72. The van der Waals surface area contributed by atoms with Gasteiger partial charge in [-0.1, -0.05) is 23.2 Å². The maximum atomic E-state index is 12.3. The number of nitrogens with zero attached hydrogens (tertiary/aromatic N) is 1. The summed E-state index contributed by atoms with van der Waals surface area (Å²) in [6.07, 6.45) is 0.396. The monoisotopic (exact) mass is 285 g/mol. The van der Waals surface area contributed by atoms with Gasteiger partial charge < -0.3 is 9.64 Å². The summed E-state index contributed by atoms with van der Waals surface area (Å²) in [5.74, 6) is -0.607. The summed E-state index contributed by atoms with van der Waals surface area (Å²) in [6.45, 7) is 0.429. The molecule has 4 nitrogen and oxygen atoms in total. The van der Waals surface area contributed by atoms with Gasteiger partial charge in [0, 0.05) is 11.4 Å². The molecule has 0 spiro atoms. The lowest BCUT2D eigenvalue weighted by Crippen LogP contribution is -2.44. The molecule has 3 rings (SSSR count). The topological polar surface area (TPSA) is 46.6 Å². The van der Waals surface area contributed by atoms with Gasteiger partial charge in [-0.05, 0) is 18.2 Å². The number of esters is 1. The number of carbonyl (C=O) groups excluding carboxylic acids is 2. The number of amides is 1. The first-order valence-electron chi connectivity index (χ1n) is 5.53. The number of rotatable bonds is 1. The van der Waals surface area contributed by atoms with Crippen molar-refractivity contribution in [3.8, 4) is 0 Å². The quantitative estimate of drug-likeness (QED) is 0.743. The third kappa shape index (κ3) is 1.76. The average Bonchev–Trinajstić information content (AvgIpc) is 2.90. The van der Waals surface area contributed by atoms with Crippen LogP contribution < -0.4 is 0 Å². The molecule has 0 aromatic heterocycles. The van der Waals surface area contributed by atoms with Crippen molar-refractivity contribution in [3.05, 3.63) is 33.8 Å². The van der Waals surface area contributed by atoms with Crippen LogP contribution in [0.5, 0.6) is 0 Å². The summed E-state index contributed by atoms with van der Waals surface area (Å²) in [5.41, 5.74) is 0.324. The number of hydrogen-bond donors (Lipinski definition) is 0. The third-order valence-electron chi connectivity index (χ3n) is 3.24. The maximum Gasteiger partial charge on any atom is 0.329 e. The van der Waals surface area contributed by atoms with E-state index in [1.165, 1.54) is 11.0 Å². The zero-order valence-corrected chi connectivity index (χ0v) is 10.7. The molecule has 2 aliphatic rings. The average molecular weight is 286 g/mol. The van der Waals surface area contributed by atoms with Gasteiger partial charge >= 0.3 is 5.97 Å². The Balaban J connectivity index is 1.91. The van der Waals surface area contributed by atoms with Crippen LogP contribution in [0.15, 0.2) is 18.2 Å². The standard InChI is InChI=1S/C12H9Cl2NO3/c13-6-1-2-9(14)8(3-6)11(16)15-5-7-4-10(15)12(17)18-7/h1-3,7,10H,4-5H2/t7-,10+/m1/s1. The predicted octanol–water partition coefficient (Wildman–Crippen LogP) is 2.13. The summed E-state index contributed by atoms with van der Waals surface area (Å²) < 4.78 is 5.04. The highest BCUT2D eigenvalue weighted by Crippen LogP contribution is 2.32. The van der Waals surface area contributed by atoms with E-state index in [4.69, 9.17) is 27.9 Å². The molecule has 0 unspecified atom stereocenters. The van der Waals surface area contributed by atoms with Gasteiger partial charge in [-0.15, -0.1) is 0 Å². The molecule has 18 heavy (non-hydrogen) atoms. The smallest absolute Gasteiger partial charge is 0.329 e. The largest absolute Gasteiger partial charge is 0.459 e. The van der Waals surface area contributed by atoms with Crippen LogP contribution in [0.1, 0.15) is 16.8 Å². The first kappa shape index (κ1) is 11.8. The molecule has 1 amide bonds. The molecule has 2 bridgehead atoms. The SMILES string of the molecule is O=C1O[C@@H]2C[C@@H]1N(C(=O)c1cc(Cl)ccc1Cl)C2. The summed E-state index contributed by atoms with van der Waals surface area (Å²) in [4.78, 5) is 25.3. The van der Waals surface area contributed by atoms with E-state index in [0.717, 1.165) is 0 Å². The lowest BCUT2D eigenvalue weighted by molar-refractivity contribution is -0.149. The van der Waals surface area contributed by atoms with E-state index in [1.807, 2.05) is 0 Å². The Morgan fingerprint density at radius 1 is 1.39 bits per heavy atom. The first-order chi connectivity index (χ1) is 8.56. The zero-order chi connectivity index (χ0) is 12.9. The number of carbonyl (C=O) groups is 2. The molecule has 1 aromatic carbocycles. The van der Waals surface area contributed by atoms with Crippen LogP contribution in [-0.4, -0.2) is 35.5 Å². The fourth-order valence-electron chi connectivity index (χ4n) is 2.39. The lowest BCUT2D eigenvalue weighted by atomic mass is 10.1. The minimum Gasteiger partial charge on any atom is -0.459 e. The second kappa shape index (κ2) is 4.14. The molecule has 2 aliphatic heterocycles. The highest BCUT2D eigenvalue weighted by Gasteiger charge is 2.48. The fraction of sp³-hybridized carbons (Fsp3) is 0.333. The third-order valence-corrected chi connectivity index (χ3v) is 3.80. The van der Waals surface area contributed by atoms with Crippen LogP contribution in [0.3, 0.4) is 0 Å². The number of halogens is 2. The highest BCUT2D eigenvalue weighted by molar-refractivity contribution is 6.35. The number of ether oxygens (including phenoxy) is 1. The molecule has 2 fully saturated rings. The molecule has 0 N–H and O–H groups in total. The second-order valence-corrected chi connectivity index (χ2v) is 5.24. The van der Waals surface area contributed by atoms with Crippen molar-refractivity contribution >= 4 is 35.1 Å². The number of hydrogen-bond acceptors (Lipinski definition) is 3. The van der Waals surface area contributed by atoms with Crippen LogP contribution in [0.4, 0.5) is 0 Å². The Morgan fingerprint density at radius 2 is 2.17 bits per heavy atom. The summed E-state index contributed by atoms with van der Waals surface area (Å²) >= 11 is 11.8. The Bertz CT molecular complexity index is 546. The van der Waals surface area contributed by atoms with Gasteiger partial charge in [-0.3, -0.25) is 4.79 Å². The van der Waals surface area contributed by atoms with Crippen LogP contribution in [0.2, 0.25) is 10.0 Å². The molecule has 2 atom stereocenters. The van der Waals surface area contributed by atoms with Gasteiger partial charge in [0.05, 0.1) is 17.1 Å². The van der Waals surface area contributed by atoms with Crippen LogP contribution in [0, 0.1) is 0 Å². The van der Waals surface area contributed by atoms with Gasteiger partial charge in [0.25, 0.3) is 5.91 Å². The van der Waals surface area contributed by atoms with E-state index >= 15 is 0 Å². The van der Waals surface area contributed by atoms with E-state index in [9.17, 15) is 9.59 Å². The van der Waals surface area contributed by atoms with E-state index in [2.05, 4.69) is 0 Å². The van der Waals surface area contributed by atoms with Crippen molar-refractivity contribution in [2.75, 3.05) is 6.54 Å². The Hall–Kier alpha value is -1.26. The summed E-state index contributed by atoms with van der Waals surface area (Å²) in [5, 5.41) is 0.773. The van der Waals surface area contributed by atoms with Crippen LogP contribution in [-0.2, 0) is 9.53 Å². The minimum absolute atomic E-state index is 0.176. The summed E-state index contributed by atoms with van der Waals surface area (Å²) in [6, 6.07) is 4.23. The van der Waals surface area contributed by atoms with Gasteiger partial charge in [-0.25, -0.2) is 4.79 Å². The van der Waals surface area contributed by atoms with Gasteiger partial charge in [0.2, 0.25) is 0 Å². The summed E-state index contributed by atoms with van der Waals surface area (Å²) in [7, 11) is 0. The number of benzene rings is 1. The Morgan fingerprint density at radius 3 is 2.83 bits per heavy atom. The van der Waals surface area contributed by atoms with Crippen molar-refractivity contribution < 1.29 is 14.3 Å². The predicted molar refractivity (Wildman–Crippen MR) is 65.8 cm³/mol. The molecule has 94 valence electrons. The number of likely N-dealkylation sites (tertiary alicyclic amines) is 1. The molecule has 1 aromatic rings. The zero-order valence-electron chi connectivity index (χ0n) is 9.23. The lowest BCUT2D eigenvalue weighted by Gasteiger charge is -2.26. The molecule has 6 heteroatoms. The normalized spacial score (nSPS) is 25.4. The molecule has 2 heterocycles. The van der Waals surface area contributed by atoms with Gasteiger partial charge in [0.1, 0.15) is 12.1 Å². The van der Waals surface area contributed by atoms with E-state index in [-0.39, 0.29) is 18.0 Å². The molecule has 0 aliphatic carbocycles. The van der Waals surface area contributed by atoms with Gasteiger partial charge in [0.15, 0.2) is 0 Å². The minimum atomic E-state index is -0.474. The molecule has 0 saturated carbocycles. The molecular weight excluding hydrogens is 277 g/mol. The van der Waals surface area contributed by atoms with Crippen molar-refractivity contribution in [2.45, 2.75) is 18.6 Å². The number of morpholine rings is 1.